The van der Waals surface area contributed by atoms with Gasteiger partial charge in [0, 0.05) is 5.41 Å². The summed E-state index contributed by atoms with van der Waals surface area (Å²) >= 11 is 0. The lowest BCUT2D eigenvalue weighted by molar-refractivity contribution is -0.777. The first kappa shape index (κ1) is 23.9. The van der Waals surface area contributed by atoms with Gasteiger partial charge in [-0.25, -0.2) is 4.79 Å². The smallest absolute Gasteiger partial charge is 0.465 e. The van der Waals surface area contributed by atoms with Gasteiger partial charge in [0.15, 0.2) is 0 Å². The number of rotatable bonds is 9. The zero-order valence-corrected chi connectivity index (χ0v) is 18.2. The predicted octanol–water partition coefficient (Wildman–Crippen LogP) is 4.53. The second-order valence-corrected chi connectivity index (χ2v) is 8.16. The molecule has 31 heavy (non-hydrogen) atoms. The van der Waals surface area contributed by atoms with Gasteiger partial charge in [0.05, 0.1) is 12.5 Å². The molecule has 0 bridgehead atoms. The summed E-state index contributed by atoms with van der Waals surface area (Å²) in [6, 6.07) is 12.0. The summed E-state index contributed by atoms with van der Waals surface area (Å²) < 4.78 is 15.0. The third-order valence-corrected chi connectivity index (χ3v) is 4.56. The van der Waals surface area contributed by atoms with Gasteiger partial charge in [0.2, 0.25) is 6.29 Å². The van der Waals surface area contributed by atoms with E-state index in [4.69, 9.17) is 9.47 Å². The Labute approximate surface area is 180 Å². The van der Waals surface area contributed by atoms with Crippen molar-refractivity contribution in [1.82, 2.24) is 0 Å². The molecule has 0 spiro atoms. The minimum atomic E-state index is -1.39. The van der Waals surface area contributed by atoms with Gasteiger partial charge in [-0.1, -0.05) is 55.8 Å². The summed E-state index contributed by atoms with van der Waals surface area (Å²) in [6.07, 6.45) is -2.51. The van der Waals surface area contributed by atoms with Crippen molar-refractivity contribution < 1.29 is 33.7 Å². The van der Waals surface area contributed by atoms with Gasteiger partial charge in [-0.15, -0.1) is 10.1 Å². The Kier molecular flexibility index (Phi) is 7.79. The van der Waals surface area contributed by atoms with E-state index in [9.17, 15) is 19.7 Å². The van der Waals surface area contributed by atoms with Crippen molar-refractivity contribution >= 4 is 22.9 Å². The van der Waals surface area contributed by atoms with E-state index in [-0.39, 0.29) is 13.2 Å². The third kappa shape index (κ3) is 7.44. The Bertz CT molecular complexity index is 956. The van der Waals surface area contributed by atoms with Crippen LogP contribution in [0.3, 0.4) is 0 Å². The summed E-state index contributed by atoms with van der Waals surface area (Å²) in [5.74, 6) is -0.859. The van der Waals surface area contributed by atoms with Crippen molar-refractivity contribution in [2.45, 2.75) is 46.8 Å². The lowest BCUT2D eigenvalue weighted by Crippen LogP contribution is -2.31. The highest BCUT2D eigenvalue weighted by molar-refractivity contribution is 5.86. The lowest BCUT2D eigenvalue weighted by atomic mass is 9.95. The molecule has 0 saturated carbocycles. The van der Waals surface area contributed by atoms with Crippen molar-refractivity contribution in [3.8, 4) is 0 Å². The monoisotopic (exact) mass is 433 g/mol. The van der Waals surface area contributed by atoms with Crippen LogP contribution in [0.15, 0.2) is 36.4 Å². The molecule has 0 N–H and O–H groups in total. The van der Waals surface area contributed by atoms with Crippen molar-refractivity contribution in [1.29, 1.82) is 0 Å². The van der Waals surface area contributed by atoms with Crippen molar-refractivity contribution in [3.63, 3.8) is 0 Å². The summed E-state index contributed by atoms with van der Waals surface area (Å²) in [6.45, 7) is 8.37. The molecule has 0 amide bonds. The Morgan fingerprint density at radius 1 is 1.03 bits per heavy atom. The van der Waals surface area contributed by atoms with Crippen molar-refractivity contribution in [2.75, 3.05) is 13.2 Å². The number of esters is 1. The summed E-state index contributed by atoms with van der Waals surface area (Å²) in [5, 5.41) is 11.3. The molecular formula is C22H27NO8. The molecule has 0 aliphatic carbocycles. The Morgan fingerprint density at radius 3 is 2.32 bits per heavy atom. The number of benzene rings is 2. The first-order valence-electron chi connectivity index (χ1n) is 9.78. The Balaban J connectivity index is 1.86. The van der Waals surface area contributed by atoms with Gasteiger partial charge < -0.3 is 14.2 Å². The molecule has 0 aliphatic rings. The number of hydrogen-bond donors (Lipinski definition) is 0. The van der Waals surface area contributed by atoms with Crippen LogP contribution < -0.4 is 0 Å². The summed E-state index contributed by atoms with van der Waals surface area (Å²) in [4.78, 5) is 38.4. The van der Waals surface area contributed by atoms with Crippen LogP contribution in [0.25, 0.3) is 10.8 Å². The molecule has 1 unspecified atom stereocenters. The van der Waals surface area contributed by atoms with Gasteiger partial charge in [-0.05, 0) is 37.1 Å². The average molecular weight is 433 g/mol. The van der Waals surface area contributed by atoms with E-state index in [1.165, 1.54) is 12.5 Å². The normalized spacial score (nSPS) is 13.2. The standard InChI is InChI=1S/C22H27NO8/c1-14-6-7-19-11-17(8-9-18(19)10-14)15(2)20(24)28-12-22(4,5)13-29-21(25)30-16(3)31-23(26)27/h6-11,15-16H,12-13H2,1-5H3/t15-,16?/m0/s1. The number of aryl methyl sites for hydroxylation is 1. The summed E-state index contributed by atoms with van der Waals surface area (Å²) in [7, 11) is 0. The van der Waals surface area contributed by atoms with Gasteiger partial charge in [0.1, 0.15) is 6.61 Å². The highest BCUT2D eigenvalue weighted by atomic mass is 17.0. The fourth-order valence-corrected chi connectivity index (χ4v) is 2.79. The maximum atomic E-state index is 12.5. The van der Waals surface area contributed by atoms with Gasteiger partial charge in [-0.3, -0.25) is 9.63 Å². The molecule has 0 aliphatic heterocycles. The largest absolute Gasteiger partial charge is 0.510 e. The highest BCUT2D eigenvalue weighted by Gasteiger charge is 2.26. The SMILES string of the molecule is Cc1ccc2cc([C@H](C)C(=O)OCC(C)(C)COC(=O)OC(C)O[N+](=O)[O-])ccc2c1. The van der Waals surface area contributed by atoms with E-state index < -0.39 is 34.8 Å². The number of carbonyl (C=O) groups is 2. The van der Waals surface area contributed by atoms with Gasteiger partial charge in [0.25, 0.3) is 5.09 Å². The molecule has 0 heterocycles. The first-order valence-corrected chi connectivity index (χ1v) is 9.78. The molecule has 2 rings (SSSR count). The molecule has 0 radical (unpaired) electrons. The lowest BCUT2D eigenvalue weighted by Gasteiger charge is -2.24. The van der Waals surface area contributed by atoms with E-state index in [1.54, 1.807) is 20.8 Å². The number of hydrogen-bond acceptors (Lipinski definition) is 8. The number of fused-ring (bicyclic) bond motifs is 1. The van der Waals surface area contributed by atoms with Gasteiger partial charge in [-0.2, -0.15) is 0 Å². The zero-order valence-electron chi connectivity index (χ0n) is 18.2. The molecule has 9 heteroatoms. The Morgan fingerprint density at radius 2 is 1.65 bits per heavy atom. The van der Waals surface area contributed by atoms with E-state index >= 15 is 0 Å². The molecule has 0 fully saturated rings. The second kappa shape index (κ2) is 10.1. The Hall–Kier alpha value is -3.36. The fraction of sp³-hybridized carbons (Fsp3) is 0.455. The molecule has 2 aromatic rings. The molecule has 168 valence electrons. The number of carbonyl (C=O) groups excluding carboxylic acids is 2. The average Bonchev–Trinajstić information content (AvgIpc) is 2.69. The first-order chi connectivity index (χ1) is 14.5. The molecule has 0 saturated heterocycles. The summed E-state index contributed by atoms with van der Waals surface area (Å²) in [5.41, 5.74) is 1.32. The van der Waals surface area contributed by atoms with Crippen LogP contribution in [0, 0.1) is 22.5 Å². The molecule has 2 atom stereocenters. The highest BCUT2D eigenvalue weighted by Crippen LogP contribution is 2.25. The van der Waals surface area contributed by atoms with Crippen molar-refractivity contribution in [2.24, 2.45) is 5.41 Å². The molecule has 0 aromatic heterocycles. The predicted molar refractivity (Wildman–Crippen MR) is 112 cm³/mol. The minimum Gasteiger partial charge on any atom is -0.465 e. The molecular weight excluding hydrogens is 406 g/mol. The van der Waals surface area contributed by atoms with E-state index in [0.29, 0.717) is 0 Å². The van der Waals surface area contributed by atoms with Crippen LogP contribution in [0.1, 0.15) is 44.7 Å². The number of ether oxygens (including phenoxy) is 3. The van der Waals surface area contributed by atoms with E-state index in [2.05, 4.69) is 15.6 Å². The van der Waals surface area contributed by atoms with E-state index in [1.807, 2.05) is 37.3 Å². The van der Waals surface area contributed by atoms with Crippen LogP contribution in [0.2, 0.25) is 0 Å². The van der Waals surface area contributed by atoms with Gasteiger partial charge >= 0.3 is 12.1 Å². The van der Waals surface area contributed by atoms with E-state index in [0.717, 1.165) is 16.3 Å². The molecule has 9 nitrogen and oxygen atoms in total. The molecule has 2 aromatic carbocycles. The third-order valence-electron chi connectivity index (χ3n) is 4.56. The van der Waals surface area contributed by atoms with Crippen LogP contribution >= 0.6 is 0 Å². The van der Waals surface area contributed by atoms with Crippen molar-refractivity contribution in [3.05, 3.63) is 57.6 Å². The van der Waals surface area contributed by atoms with Crippen LogP contribution in [0.5, 0.6) is 0 Å². The second-order valence-electron chi connectivity index (χ2n) is 8.16. The minimum absolute atomic E-state index is 0.0111. The zero-order chi connectivity index (χ0) is 23.2. The van der Waals surface area contributed by atoms with Crippen LogP contribution in [-0.2, 0) is 23.8 Å². The maximum absolute atomic E-state index is 12.5. The van der Waals surface area contributed by atoms with Crippen LogP contribution in [0.4, 0.5) is 4.79 Å². The topological polar surface area (TPSA) is 114 Å². The quantitative estimate of drug-likeness (QED) is 0.245. The maximum Gasteiger partial charge on any atom is 0.510 e. The fourth-order valence-electron chi connectivity index (χ4n) is 2.79. The van der Waals surface area contributed by atoms with Crippen LogP contribution in [-0.4, -0.2) is 36.7 Å². The number of nitrogens with zero attached hydrogens (tertiary/aromatic N) is 1.